The highest BCUT2D eigenvalue weighted by Crippen LogP contribution is 2.18. The first-order valence-electron chi connectivity index (χ1n) is 8.06. The molecule has 1 saturated heterocycles. The summed E-state index contributed by atoms with van der Waals surface area (Å²) in [7, 11) is 0. The fraction of sp³-hybridized carbons (Fsp3) is 0.471. The van der Waals surface area contributed by atoms with Crippen LogP contribution in [0.1, 0.15) is 25.5 Å². The molecule has 0 radical (unpaired) electrons. The van der Waals surface area contributed by atoms with Crippen LogP contribution < -0.4 is 5.56 Å². The molecule has 0 aromatic carbocycles. The minimum Gasteiger partial charge on any atom is -0.342 e. The summed E-state index contributed by atoms with van der Waals surface area (Å²) in [6, 6.07) is 5.21. The van der Waals surface area contributed by atoms with Gasteiger partial charge in [0.05, 0.1) is 11.4 Å². The minimum absolute atomic E-state index is 0.104. The lowest BCUT2D eigenvalue weighted by Gasteiger charge is -2.30. The van der Waals surface area contributed by atoms with Gasteiger partial charge in [0.1, 0.15) is 5.65 Å². The molecular formula is C17H20BrN3O2S. The van der Waals surface area contributed by atoms with Gasteiger partial charge in [0, 0.05) is 35.6 Å². The Hall–Kier alpha value is -1.34. The van der Waals surface area contributed by atoms with E-state index in [9.17, 15) is 9.59 Å². The van der Waals surface area contributed by atoms with Gasteiger partial charge in [-0.1, -0.05) is 6.92 Å². The first kappa shape index (κ1) is 17.5. The number of likely N-dealkylation sites (tertiary alicyclic amines) is 1. The fourth-order valence-electron chi connectivity index (χ4n) is 2.95. The van der Waals surface area contributed by atoms with Crippen molar-refractivity contribution in [2.24, 2.45) is 5.92 Å². The molecule has 0 aliphatic carbocycles. The van der Waals surface area contributed by atoms with Crippen molar-refractivity contribution in [2.75, 3.05) is 18.8 Å². The van der Waals surface area contributed by atoms with E-state index in [4.69, 9.17) is 0 Å². The molecule has 0 saturated carbocycles. The lowest BCUT2D eigenvalue weighted by Crippen LogP contribution is -2.40. The summed E-state index contributed by atoms with van der Waals surface area (Å²) in [4.78, 5) is 30.9. The summed E-state index contributed by atoms with van der Waals surface area (Å²) < 4.78 is 2.35. The van der Waals surface area contributed by atoms with Crippen molar-refractivity contribution in [2.45, 2.75) is 25.5 Å². The molecule has 0 spiro atoms. The molecule has 0 N–H and O–H groups in total. The molecule has 1 fully saturated rings. The van der Waals surface area contributed by atoms with E-state index in [1.165, 1.54) is 22.6 Å². The van der Waals surface area contributed by atoms with Crippen LogP contribution in [0.2, 0.25) is 0 Å². The number of amides is 1. The molecule has 0 bridgehead atoms. The number of hydrogen-bond acceptors (Lipinski definition) is 4. The lowest BCUT2D eigenvalue weighted by atomic mass is 10.0. The van der Waals surface area contributed by atoms with Crippen LogP contribution in [0.3, 0.4) is 0 Å². The highest BCUT2D eigenvalue weighted by molar-refractivity contribution is 9.10. The maximum absolute atomic E-state index is 12.3. The van der Waals surface area contributed by atoms with E-state index in [-0.39, 0.29) is 11.5 Å². The molecule has 128 valence electrons. The van der Waals surface area contributed by atoms with Gasteiger partial charge < -0.3 is 4.90 Å². The summed E-state index contributed by atoms with van der Waals surface area (Å²) in [5.41, 5.74) is 1.23. The number of hydrogen-bond donors (Lipinski definition) is 0. The number of aromatic nitrogens is 2. The van der Waals surface area contributed by atoms with Gasteiger partial charge in [0.25, 0.3) is 5.56 Å². The number of pyridine rings is 1. The number of halogens is 1. The number of carbonyl (C=O) groups is 1. The van der Waals surface area contributed by atoms with Crippen molar-refractivity contribution in [3.8, 4) is 0 Å². The number of nitrogens with zero attached hydrogens (tertiary/aromatic N) is 3. The summed E-state index contributed by atoms with van der Waals surface area (Å²) in [6.45, 7) is 3.93. The highest BCUT2D eigenvalue weighted by Gasteiger charge is 2.20. The molecule has 3 heterocycles. The Morgan fingerprint density at radius 3 is 3.08 bits per heavy atom. The average Bonchev–Trinajstić information content (AvgIpc) is 2.55. The van der Waals surface area contributed by atoms with Crippen LogP contribution in [0.4, 0.5) is 0 Å². The Balaban J connectivity index is 1.60. The van der Waals surface area contributed by atoms with E-state index in [1.807, 2.05) is 11.0 Å². The molecule has 1 aliphatic heterocycles. The maximum atomic E-state index is 12.3. The number of thioether (sulfide) groups is 1. The van der Waals surface area contributed by atoms with E-state index >= 15 is 0 Å². The molecule has 2 aromatic heterocycles. The van der Waals surface area contributed by atoms with Gasteiger partial charge in [-0.25, -0.2) is 4.98 Å². The second-order valence-electron chi connectivity index (χ2n) is 6.24. The van der Waals surface area contributed by atoms with Gasteiger partial charge in [-0.05, 0) is 46.8 Å². The molecular weight excluding hydrogens is 390 g/mol. The standard InChI is InChI=1S/C17H20BrN3O2S/c1-12-3-2-6-20(8-12)17(23)11-24-10-14-7-16(22)21-9-13(18)4-5-15(21)19-14/h4-5,7,9,12H,2-3,6,8,10-11H2,1H3/t12-/m1/s1. The predicted molar refractivity (Wildman–Crippen MR) is 100 cm³/mol. The van der Waals surface area contributed by atoms with Gasteiger partial charge in [-0.3, -0.25) is 14.0 Å². The number of rotatable bonds is 4. The molecule has 1 amide bonds. The van der Waals surface area contributed by atoms with Gasteiger partial charge >= 0.3 is 0 Å². The zero-order valence-electron chi connectivity index (χ0n) is 13.6. The molecule has 5 nitrogen and oxygen atoms in total. The molecule has 3 rings (SSSR count). The second-order valence-corrected chi connectivity index (χ2v) is 8.14. The number of fused-ring (bicyclic) bond motifs is 1. The van der Waals surface area contributed by atoms with E-state index in [0.29, 0.717) is 28.8 Å². The summed E-state index contributed by atoms with van der Waals surface area (Å²) in [6.07, 6.45) is 4.01. The molecule has 1 aliphatic rings. The first-order valence-corrected chi connectivity index (χ1v) is 10.0. The van der Waals surface area contributed by atoms with Crippen LogP contribution in [0.5, 0.6) is 0 Å². The highest BCUT2D eigenvalue weighted by atomic mass is 79.9. The van der Waals surface area contributed by atoms with Gasteiger partial charge in [-0.15, -0.1) is 11.8 Å². The predicted octanol–water partition coefficient (Wildman–Crippen LogP) is 2.95. The Morgan fingerprint density at radius 1 is 1.46 bits per heavy atom. The van der Waals surface area contributed by atoms with Crippen LogP contribution in [0.15, 0.2) is 33.7 Å². The largest absolute Gasteiger partial charge is 0.342 e. The van der Waals surface area contributed by atoms with E-state index in [1.54, 1.807) is 18.3 Å². The first-order chi connectivity index (χ1) is 11.5. The van der Waals surface area contributed by atoms with E-state index < -0.39 is 0 Å². The smallest absolute Gasteiger partial charge is 0.258 e. The van der Waals surface area contributed by atoms with E-state index in [0.717, 1.165) is 24.0 Å². The van der Waals surface area contributed by atoms with Crippen molar-refractivity contribution in [3.05, 3.63) is 44.9 Å². The van der Waals surface area contributed by atoms with Crippen LogP contribution in [-0.2, 0) is 10.5 Å². The fourth-order valence-corrected chi connectivity index (χ4v) is 4.10. The Morgan fingerprint density at radius 2 is 2.29 bits per heavy atom. The number of piperidine rings is 1. The summed E-state index contributed by atoms with van der Waals surface area (Å²) in [5.74, 6) is 1.78. The number of carbonyl (C=O) groups excluding carboxylic acids is 1. The van der Waals surface area contributed by atoms with Crippen LogP contribution in [0, 0.1) is 5.92 Å². The molecule has 24 heavy (non-hydrogen) atoms. The average molecular weight is 410 g/mol. The molecule has 0 unspecified atom stereocenters. The third-order valence-electron chi connectivity index (χ3n) is 4.16. The van der Waals surface area contributed by atoms with Crippen molar-refractivity contribution in [1.29, 1.82) is 0 Å². The second kappa shape index (κ2) is 7.70. The maximum Gasteiger partial charge on any atom is 0.258 e. The quantitative estimate of drug-likeness (QED) is 0.778. The third kappa shape index (κ3) is 4.19. The Labute approximate surface area is 153 Å². The molecule has 7 heteroatoms. The molecule has 2 aromatic rings. The molecule has 1 atom stereocenters. The van der Waals surface area contributed by atoms with Crippen molar-refractivity contribution in [3.63, 3.8) is 0 Å². The topological polar surface area (TPSA) is 54.7 Å². The summed E-state index contributed by atoms with van der Waals surface area (Å²) in [5, 5.41) is 0. The Kier molecular flexibility index (Phi) is 5.61. The van der Waals surface area contributed by atoms with Crippen LogP contribution in [-0.4, -0.2) is 39.0 Å². The minimum atomic E-state index is -0.104. The SMILES string of the molecule is C[C@@H]1CCCN(C(=O)CSCc2cc(=O)n3cc(Br)ccc3n2)C1. The van der Waals surface area contributed by atoms with Gasteiger partial charge in [0.15, 0.2) is 0 Å². The Bertz CT molecular complexity index is 808. The monoisotopic (exact) mass is 409 g/mol. The van der Waals surface area contributed by atoms with Crippen molar-refractivity contribution >= 4 is 39.2 Å². The third-order valence-corrected chi connectivity index (χ3v) is 5.58. The van der Waals surface area contributed by atoms with Crippen LogP contribution >= 0.6 is 27.7 Å². The van der Waals surface area contributed by atoms with Crippen LogP contribution in [0.25, 0.3) is 5.65 Å². The van der Waals surface area contributed by atoms with E-state index in [2.05, 4.69) is 27.8 Å². The normalized spacial score (nSPS) is 18.1. The summed E-state index contributed by atoms with van der Waals surface area (Å²) >= 11 is 4.87. The van der Waals surface area contributed by atoms with Gasteiger partial charge in [0.2, 0.25) is 5.91 Å². The lowest BCUT2D eigenvalue weighted by molar-refractivity contribution is -0.130. The van der Waals surface area contributed by atoms with Gasteiger partial charge in [-0.2, -0.15) is 0 Å². The van der Waals surface area contributed by atoms with Crippen molar-refractivity contribution in [1.82, 2.24) is 14.3 Å². The zero-order valence-corrected chi connectivity index (χ0v) is 16.0. The zero-order chi connectivity index (χ0) is 17.1. The van der Waals surface area contributed by atoms with Crippen molar-refractivity contribution < 1.29 is 4.79 Å².